The van der Waals surface area contributed by atoms with Gasteiger partial charge in [0.2, 0.25) is 8.32 Å². The van der Waals surface area contributed by atoms with Gasteiger partial charge in [-0.2, -0.15) is 0 Å². The van der Waals surface area contributed by atoms with E-state index in [0.29, 0.717) is 11.0 Å². The molecular weight excluding hydrogens is 284 g/mol. The van der Waals surface area contributed by atoms with Crippen molar-refractivity contribution < 1.29 is 4.43 Å². The van der Waals surface area contributed by atoms with Crippen molar-refractivity contribution in [2.75, 3.05) is 0 Å². The highest BCUT2D eigenvalue weighted by atomic mass is 28.4. The number of allylic oxidation sites excluding steroid dienone is 4. The molecule has 0 bridgehead atoms. The molecule has 22 heavy (non-hydrogen) atoms. The Labute approximate surface area is 138 Å². The molecule has 0 N–H and O–H groups in total. The van der Waals surface area contributed by atoms with Crippen LogP contribution in [0.3, 0.4) is 0 Å². The molecule has 0 aromatic carbocycles. The Morgan fingerprint density at radius 2 is 1.73 bits per heavy atom. The summed E-state index contributed by atoms with van der Waals surface area (Å²) in [6.07, 6.45) is 13.4. The second kappa shape index (κ2) is 5.85. The van der Waals surface area contributed by atoms with Gasteiger partial charge in [0, 0.05) is 12.3 Å². The summed E-state index contributed by atoms with van der Waals surface area (Å²) in [5.41, 5.74) is 3.66. The van der Waals surface area contributed by atoms with E-state index < -0.39 is 8.32 Å². The minimum atomic E-state index is -1.70. The van der Waals surface area contributed by atoms with Crippen LogP contribution in [0.1, 0.15) is 72.1 Å². The van der Waals surface area contributed by atoms with Crippen LogP contribution in [-0.4, -0.2) is 8.32 Å². The van der Waals surface area contributed by atoms with Gasteiger partial charge in [0.1, 0.15) is 0 Å². The molecule has 0 amide bonds. The first-order chi connectivity index (χ1) is 10.3. The highest BCUT2D eigenvalue weighted by Gasteiger charge is 2.41. The van der Waals surface area contributed by atoms with Gasteiger partial charge in [0.15, 0.2) is 0 Å². The van der Waals surface area contributed by atoms with Crippen LogP contribution >= 0.6 is 0 Å². The van der Waals surface area contributed by atoms with Crippen LogP contribution < -0.4 is 0 Å². The molecule has 0 saturated heterocycles. The van der Waals surface area contributed by atoms with Crippen LogP contribution in [0.25, 0.3) is 0 Å². The van der Waals surface area contributed by atoms with Crippen molar-refractivity contribution in [1.29, 1.82) is 0 Å². The van der Waals surface area contributed by atoms with E-state index in [2.05, 4.69) is 39.9 Å². The molecule has 3 rings (SSSR count). The quantitative estimate of drug-likeness (QED) is 0.412. The van der Waals surface area contributed by atoms with Gasteiger partial charge in [-0.3, -0.25) is 0 Å². The van der Waals surface area contributed by atoms with Crippen molar-refractivity contribution >= 4 is 8.32 Å². The Kier molecular flexibility index (Phi) is 4.35. The number of rotatable bonds is 2. The second-order valence-electron chi connectivity index (χ2n) is 9.19. The summed E-state index contributed by atoms with van der Waals surface area (Å²) < 4.78 is 6.75. The molecular formula is C20H34OSi. The van der Waals surface area contributed by atoms with E-state index in [4.69, 9.17) is 4.43 Å². The van der Waals surface area contributed by atoms with E-state index in [-0.39, 0.29) is 0 Å². The smallest absolute Gasteiger partial charge is 0.250 e. The van der Waals surface area contributed by atoms with E-state index in [1.807, 2.05) is 11.1 Å². The van der Waals surface area contributed by atoms with Crippen molar-refractivity contribution in [3.63, 3.8) is 0 Å². The van der Waals surface area contributed by atoms with Crippen LogP contribution in [0.4, 0.5) is 0 Å². The fraction of sp³-hybridized carbons (Fsp3) is 0.800. The first-order valence-electron chi connectivity index (χ1n) is 9.39. The minimum absolute atomic E-state index is 0.293. The standard InChI is InChI=1S/C20H34OSi/c1-20(2,3)22(4,5)21-17-13-15-9-6-7-11-18(15)19-12-8-10-16(19)14-17/h13,15-16H,6-12,14H2,1-5H3/t15-,16+/m1/s1. The van der Waals surface area contributed by atoms with Gasteiger partial charge in [-0.15, -0.1) is 0 Å². The highest BCUT2D eigenvalue weighted by molar-refractivity contribution is 6.74. The summed E-state index contributed by atoms with van der Waals surface area (Å²) in [6.45, 7) is 11.8. The van der Waals surface area contributed by atoms with E-state index in [9.17, 15) is 0 Å². The van der Waals surface area contributed by atoms with Gasteiger partial charge in [0.25, 0.3) is 0 Å². The van der Waals surface area contributed by atoms with Gasteiger partial charge < -0.3 is 4.43 Å². The molecule has 1 nitrogen and oxygen atoms in total. The summed E-state index contributed by atoms with van der Waals surface area (Å²) in [4.78, 5) is 0. The highest BCUT2D eigenvalue weighted by Crippen LogP contribution is 2.48. The molecule has 2 atom stereocenters. The molecule has 3 aliphatic rings. The minimum Gasteiger partial charge on any atom is -0.547 e. The summed E-state index contributed by atoms with van der Waals surface area (Å²) in [5, 5.41) is 0.293. The van der Waals surface area contributed by atoms with E-state index in [1.54, 1.807) is 0 Å². The van der Waals surface area contributed by atoms with Crippen molar-refractivity contribution in [3.8, 4) is 0 Å². The topological polar surface area (TPSA) is 9.23 Å². The zero-order chi connectivity index (χ0) is 16.0. The Bertz CT molecular complexity index is 492. The summed E-state index contributed by atoms with van der Waals surface area (Å²) >= 11 is 0. The van der Waals surface area contributed by atoms with E-state index in [1.165, 1.54) is 57.1 Å². The molecule has 0 unspecified atom stereocenters. The number of hydrogen-bond acceptors (Lipinski definition) is 1. The van der Waals surface area contributed by atoms with Crippen LogP contribution in [0, 0.1) is 11.8 Å². The number of fused-ring (bicyclic) bond motifs is 2. The Morgan fingerprint density at radius 1 is 1.00 bits per heavy atom. The second-order valence-corrected chi connectivity index (χ2v) is 13.9. The van der Waals surface area contributed by atoms with E-state index in [0.717, 1.165) is 5.92 Å². The van der Waals surface area contributed by atoms with Crippen LogP contribution in [-0.2, 0) is 4.43 Å². The molecule has 0 heterocycles. The lowest BCUT2D eigenvalue weighted by Crippen LogP contribution is -2.40. The predicted molar refractivity (Wildman–Crippen MR) is 97.3 cm³/mol. The molecule has 0 spiro atoms. The zero-order valence-electron chi connectivity index (χ0n) is 15.3. The van der Waals surface area contributed by atoms with Gasteiger partial charge in [0.05, 0.1) is 5.76 Å². The monoisotopic (exact) mass is 318 g/mol. The normalized spacial score (nSPS) is 29.6. The summed E-state index contributed by atoms with van der Waals surface area (Å²) in [5.74, 6) is 2.85. The van der Waals surface area contributed by atoms with Crippen molar-refractivity contribution in [2.24, 2.45) is 11.8 Å². The average molecular weight is 319 g/mol. The van der Waals surface area contributed by atoms with Gasteiger partial charge >= 0.3 is 0 Å². The van der Waals surface area contributed by atoms with Crippen molar-refractivity contribution in [1.82, 2.24) is 0 Å². The third-order valence-corrected chi connectivity index (χ3v) is 11.0. The molecule has 0 aromatic rings. The fourth-order valence-electron chi connectivity index (χ4n) is 4.28. The number of hydrogen-bond donors (Lipinski definition) is 0. The lowest BCUT2D eigenvalue weighted by molar-refractivity contribution is 0.346. The lowest BCUT2D eigenvalue weighted by atomic mass is 9.80. The molecule has 124 valence electrons. The Morgan fingerprint density at radius 3 is 2.45 bits per heavy atom. The summed E-state index contributed by atoms with van der Waals surface area (Å²) in [6, 6.07) is 0. The van der Waals surface area contributed by atoms with Crippen LogP contribution in [0.5, 0.6) is 0 Å². The molecule has 0 aromatic heterocycles. The van der Waals surface area contributed by atoms with Crippen LogP contribution in [0.15, 0.2) is 23.0 Å². The van der Waals surface area contributed by atoms with Crippen LogP contribution in [0.2, 0.25) is 18.1 Å². The third kappa shape index (κ3) is 3.09. The van der Waals surface area contributed by atoms with Gasteiger partial charge in [-0.25, -0.2) is 0 Å². The van der Waals surface area contributed by atoms with Gasteiger partial charge in [-0.1, -0.05) is 38.3 Å². The third-order valence-electron chi connectivity index (χ3n) is 6.59. The molecule has 2 fully saturated rings. The van der Waals surface area contributed by atoms with Crippen molar-refractivity contribution in [2.45, 2.75) is 90.3 Å². The molecule has 2 saturated carbocycles. The Hall–Kier alpha value is -0.503. The van der Waals surface area contributed by atoms with Crippen molar-refractivity contribution in [3.05, 3.63) is 23.0 Å². The largest absolute Gasteiger partial charge is 0.547 e. The first-order valence-corrected chi connectivity index (χ1v) is 12.3. The fourth-order valence-corrected chi connectivity index (χ4v) is 5.39. The predicted octanol–water partition coefficient (Wildman–Crippen LogP) is 6.58. The summed E-state index contributed by atoms with van der Waals surface area (Å²) in [7, 11) is -1.70. The van der Waals surface area contributed by atoms with Gasteiger partial charge in [-0.05, 0) is 68.7 Å². The zero-order valence-corrected chi connectivity index (χ0v) is 16.3. The molecule has 0 radical (unpaired) electrons. The average Bonchev–Trinajstić information content (AvgIpc) is 2.80. The first kappa shape index (κ1) is 16.4. The van der Waals surface area contributed by atoms with E-state index >= 15 is 0 Å². The molecule has 3 aliphatic carbocycles. The maximum Gasteiger partial charge on any atom is 0.250 e. The lowest BCUT2D eigenvalue weighted by Gasteiger charge is -2.38. The maximum absolute atomic E-state index is 6.75. The Balaban J connectivity index is 1.86. The molecule has 0 aliphatic heterocycles. The SMILES string of the molecule is CC(C)(C)[Si](C)(C)OC1=C[C@H]2CCCCC2=C2CCC[C@H]2C1. The molecule has 2 heteroatoms. The maximum atomic E-state index is 6.75.